The molecule has 2 saturated heterocycles. The predicted octanol–water partition coefficient (Wildman–Crippen LogP) is 3.10. The molecular formula is C20H29N3O3S2. The highest BCUT2D eigenvalue weighted by molar-refractivity contribution is 8.16. The first kappa shape index (κ1) is 21.2. The number of hydrogen-bond donors (Lipinski definition) is 0. The molecule has 0 radical (unpaired) electrons. The maximum Gasteiger partial charge on any atom is 0.250 e. The molecule has 0 unspecified atom stereocenters. The van der Waals surface area contributed by atoms with Gasteiger partial charge in [0.15, 0.2) is 15.0 Å². The number of nitrogens with zero attached hydrogens (tertiary/aromatic N) is 3. The first-order valence-electron chi connectivity index (χ1n) is 9.81. The van der Waals surface area contributed by atoms with Crippen LogP contribution >= 0.6 is 11.8 Å². The second kappa shape index (κ2) is 8.06. The summed E-state index contributed by atoms with van der Waals surface area (Å²) >= 11 is 1.43. The maximum atomic E-state index is 12.3. The molecule has 2 aliphatic rings. The van der Waals surface area contributed by atoms with Crippen LogP contribution in [0.25, 0.3) is 0 Å². The van der Waals surface area contributed by atoms with Gasteiger partial charge in [-0.2, -0.15) is 4.99 Å². The van der Waals surface area contributed by atoms with Crippen molar-refractivity contribution in [2.24, 2.45) is 10.9 Å². The molecule has 0 bridgehead atoms. The van der Waals surface area contributed by atoms with Gasteiger partial charge in [-0.15, -0.1) is 0 Å². The van der Waals surface area contributed by atoms with E-state index in [0.29, 0.717) is 5.17 Å². The lowest BCUT2D eigenvalue weighted by atomic mass is 10.1. The second-order valence-corrected chi connectivity index (χ2v) is 11.1. The molecule has 1 amide bonds. The van der Waals surface area contributed by atoms with Crippen LogP contribution in [0.3, 0.4) is 0 Å². The lowest BCUT2D eigenvalue weighted by Crippen LogP contribution is -2.38. The second-order valence-electron chi connectivity index (χ2n) is 7.70. The van der Waals surface area contributed by atoms with Crippen LogP contribution in [0.5, 0.6) is 0 Å². The van der Waals surface area contributed by atoms with Crippen LogP contribution in [-0.2, 0) is 14.6 Å². The van der Waals surface area contributed by atoms with Crippen LogP contribution in [-0.4, -0.2) is 55.4 Å². The van der Waals surface area contributed by atoms with Crippen LogP contribution < -0.4 is 9.80 Å². The molecule has 2 atom stereocenters. The minimum Gasteiger partial charge on any atom is -0.372 e. The van der Waals surface area contributed by atoms with Gasteiger partial charge < -0.3 is 9.80 Å². The highest BCUT2D eigenvalue weighted by Gasteiger charge is 2.49. The van der Waals surface area contributed by atoms with E-state index in [9.17, 15) is 13.2 Å². The number of thioether (sulfide) groups is 1. The third-order valence-electron chi connectivity index (χ3n) is 5.33. The number of rotatable bonds is 5. The summed E-state index contributed by atoms with van der Waals surface area (Å²) in [4.78, 5) is 20.9. The molecule has 3 rings (SSSR count). The summed E-state index contributed by atoms with van der Waals surface area (Å²) in [6.07, 6.45) is 0. The predicted molar refractivity (Wildman–Crippen MR) is 118 cm³/mol. The summed E-state index contributed by atoms with van der Waals surface area (Å²) in [6, 6.07) is 6.06. The summed E-state index contributed by atoms with van der Waals surface area (Å²) in [5.41, 5.74) is 3.13. The van der Waals surface area contributed by atoms with Crippen LogP contribution in [0, 0.1) is 12.8 Å². The van der Waals surface area contributed by atoms with Gasteiger partial charge in [0.05, 0.1) is 17.5 Å². The fourth-order valence-electron chi connectivity index (χ4n) is 3.76. The van der Waals surface area contributed by atoms with Gasteiger partial charge in [-0.25, -0.2) is 8.42 Å². The van der Waals surface area contributed by atoms with Gasteiger partial charge in [0.25, 0.3) is 5.91 Å². The van der Waals surface area contributed by atoms with Crippen molar-refractivity contribution in [3.05, 3.63) is 23.8 Å². The molecule has 8 heteroatoms. The van der Waals surface area contributed by atoms with Crippen molar-refractivity contribution < 1.29 is 13.2 Å². The zero-order valence-corrected chi connectivity index (χ0v) is 18.8. The van der Waals surface area contributed by atoms with E-state index in [2.05, 4.69) is 35.9 Å². The standard InChI is InChI=1S/C20H29N3O3S2/c1-6-22(7-2)15-8-9-16(14(5)10-15)23-17-11-28(25,26)12-18(17)27-20(23)21-19(24)13(3)4/h8-10,13,17-18H,6-7,11-12H2,1-5H3/t17-,18-/m0/s1. The third kappa shape index (κ3) is 4.08. The first-order valence-corrected chi connectivity index (χ1v) is 12.5. The first-order chi connectivity index (χ1) is 13.2. The van der Waals surface area contributed by atoms with Gasteiger partial charge in [-0.3, -0.25) is 4.79 Å². The molecule has 0 saturated carbocycles. The van der Waals surface area contributed by atoms with Gasteiger partial charge in [0.1, 0.15) is 0 Å². The highest BCUT2D eigenvalue weighted by atomic mass is 32.2. The molecule has 1 aromatic carbocycles. The Kier molecular flexibility index (Phi) is 6.10. The van der Waals surface area contributed by atoms with Crippen LogP contribution in [0.1, 0.15) is 33.3 Å². The Bertz CT molecular complexity index is 892. The summed E-state index contributed by atoms with van der Waals surface area (Å²) in [6.45, 7) is 11.8. The van der Waals surface area contributed by atoms with Crippen LogP contribution in [0.15, 0.2) is 23.2 Å². The molecule has 0 aromatic heterocycles. The van der Waals surface area contributed by atoms with Crippen molar-refractivity contribution in [2.45, 2.75) is 45.9 Å². The fourth-order valence-corrected chi connectivity index (χ4v) is 7.68. The maximum absolute atomic E-state index is 12.3. The lowest BCUT2D eigenvalue weighted by molar-refractivity contribution is -0.120. The molecule has 0 aliphatic carbocycles. The molecule has 0 spiro atoms. The van der Waals surface area contributed by atoms with Crippen molar-refractivity contribution in [3.8, 4) is 0 Å². The molecule has 154 valence electrons. The third-order valence-corrected chi connectivity index (χ3v) is 8.54. The number of carbonyl (C=O) groups is 1. The van der Waals surface area contributed by atoms with E-state index in [1.807, 2.05) is 31.7 Å². The minimum atomic E-state index is -3.07. The average Bonchev–Trinajstić information content (AvgIpc) is 3.07. The number of aliphatic imine (C=N–C) groups is 1. The number of hydrogen-bond acceptors (Lipinski definition) is 5. The molecular weight excluding hydrogens is 394 g/mol. The summed E-state index contributed by atoms with van der Waals surface area (Å²) in [5.74, 6) is -0.112. The van der Waals surface area contributed by atoms with Crippen molar-refractivity contribution in [2.75, 3.05) is 34.4 Å². The molecule has 28 heavy (non-hydrogen) atoms. The molecule has 0 N–H and O–H groups in total. The quantitative estimate of drug-likeness (QED) is 0.725. The van der Waals surface area contributed by atoms with E-state index < -0.39 is 9.84 Å². The summed E-state index contributed by atoms with van der Waals surface area (Å²) in [7, 11) is -3.07. The molecule has 2 aliphatic heterocycles. The number of benzene rings is 1. The molecule has 6 nitrogen and oxygen atoms in total. The number of amides is 1. The number of anilines is 2. The van der Waals surface area contributed by atoms with Crippen molar-refractivity contribution >= 4 is 44.0 Å². The number of aryl methyl sites for hydroxylation is 1. The van der Waals surface area contributed by atoms with E-state index in [-0.39, 0.29) is 34.6 Å². The minimum absolute atomic E-state index is 0.0782. The monoisotopic (exact) mass is 423 g/mol. The smallest absolute Gasteiger partial charge is 0.250 e. The number of sulfone groups is 1. The Morgan fingerprint density at radius 1 is 1.29 bits per heavy atom. The van der Waals surface area contributed by atoms with E-state index in [1.54, 1.807) is 0 Å². The van der Waals surface area contributed by atoms with Crippen LogP contribution in [0.2, 0.25) is 0 Å². The molecule has 2 heterocycles. The van der Waals surface area contributed by atoms with Gasteiger partial charge in [0.2, 0.25) is 0 Å². The number of carbonyl (C=O) groups excluding carboxylic acids is 1. The normalized spacial score (nSPS) is 24.8. The average molecular weight is 424 g/mol. The Hall–Kier alpha value is -1.54. The van der Waals surface area contributed by atoms with Crippen molar-refractivity contribution in [3.63, 3.8) is 0 Å². The van der Waals surface area contributed by atoms with Gasteiger partial charge in [-0.05, 0) is 44.5 Å². The zero-order valence-electron chi connectivity index (χ0n) is 17.2. The van der Waals surface area contributed by atoms with Gasteiger partial charge in [-0.1, -0.05) is 25.6 Å². The van der Waals surface area contributed by atoms with Gasteiger partial charge in [0, 0.05) is 35.6 Å². The molecule has 1 aromatic rings. The molecule has 2 fully saturated rings. The van der Waals surface area contributed by atoms with Gasteiger partial charge >= 0.3 is 0 Å². The van der Waals surface area contributed by atoms with Crippen molar-refractivity contribution in [1.29, 1.82) is 0 Å². The van der Waals surface area contributed by atoms with E-state index in [4.69, 9.17) is 0 Å². The van der Waals surface area contributed by atoms with E-state index in [1.165, 1.54) is 11.8 Å². The summed E-state index contributed by atoms with van der Waals surface area (Å²) < 4.78 is 24.4. The summed E-state index contributed by atoms with van der Waals surface area (Å²) in [5, 5.41) is 0.549. The van der Waals surface area contributed by atoms with Crippen LogP contribution in [0.4, 0.5) is 11.4 Å². The Morgan fingerprint density at radius 3 is 2.54 bits per heavy atom. The highest BCUT2D eigenvalue weighted by Crippen LogP contribution is 2.42. The zero-order chi connectivity index (χ0) is 20.6. The van der Waals surface area contributed by atoms with E-state index >= 15 is 0 Å². The number of fused-ring (bicyclic) bond motifs is 1. The lowest BCUT2D eigenvalue weighted by Gasteiger charge is -2.28. The largest absolute Gasteiger partial charge is 0.372 e. The topological polar surface area (TPSA) is 70.0 Å². The van der Waals surface area contributed by atoms with E-state index in [0.717, 1.165) is 30.0 Å². The Morgan fingerprint density at radius 2 is 1.96 bits per heavy atom. The SMILES string of the molecule is CCN(CC)c1ccc(N2C(=NC(=O)C(C)C)S[C@H]3CS(=O)(=O)C[C@@H]32)c(C)c1. The number of amidine groups is 1. The Balaban J connectivity index is 2.03. The Labute approximate surface area is 172 Å². The van der Waals surface area contributed by atoms with Crippen molar-refractivity contribution in [1.82, 2.24) is 0 Å². The fraction of sp³-hybridized carbons (Fsp3) is 0.600.